The summed E-state index contributed by atoms with van der Waals surface area (Å²) in [6.45, 7) is 0. The van der Waals surface area contributed by atoms with E-state index in [2.05, 4.69) is 4.74 Å². The monoisotopic (exact) mass is 146 g/mol. The van der Waals surface area contributed by atoms with Crippen LogP contribution in [0, 0.1) is 0 Å². The van der Waals surface area contributed by atoms with Crippen molar-refractivity contribution in [1.82, 2.24) is 0 Å². The van der Waals surface area contributed by atoms with Gasteiger partial charge in [-0.25, -0.2) is 0 Å². The maximum atomic E-state index is 10.4. The molecule has 0 unspecified atom stereocenters. The summed E-state index contributed by atoms with van der Waals surface area (Å²) in [5.74, 6) is -1.24. The Bertz CT molecular complexity index is 146. The zero-order valence-corrected chi connectivity index (χ0v) is 5.66. The number of ether oxygens (including phenoxy) is 1. The van der Waals surface area contributed by atoms with Crippen LogP contribution in [0.4, 0.5) is 0 Å². The Morgan fingerprint density at radius 2 is 2.10 bits per heavy atom. The van der Waals surface area contributed by atoms with Crippen LogP contribution in [-0.4, -0.2) is 25.0 Å². The summed E-state index contributed by atoms with van der Waals surface area (Å²) in [4.78, 5) is 20.7. The number of methoxy groups -OCH3 is 1. The molecule has 0 saturated carbocycles. The predicted molar refractivity (Wildman–Crippen MR) is 33.8 cm³/mol. The van der Waals surface area contributed by atoms with Gasteiger partial charge in [-0.15, -0.1) is 0 Å². The van der Waals surface area contributed by atoms with Gasteiger partial charge in [0.15, 0.2) is 0 Å². The number of primary amides is 1. The van der Waals surface area contributed by atoms with Gasteiger partial charge >= 0.3 is 5.97 Å². The van der Waals surface area contributed by atoms with E-state index in [-0.39, 0.29) is 6.42 Å². The molecule has 0 aliphatic heterocycles. The van der Waals surface area contributed by atoms with Crippen LogP contribution in [0.25, 0.3) is 0 Å². The molecule has 10 heavy (non-hydrogen) atoms. The number of carbonyl (C=O) groups excluding carboxylic acids is 2. The molecule has 0 rings (SSSR count). The van der Waals surface area contributed by atoms with Crippen LogP contribution in [0.1, 0.15) is 6.42 Å². The predicted octanol–water partition coefficient (Wildman–Crippen LogP) is -1.64. The molecule has 58 valence electrons. The Labute approximate surface area is 58.3 Å². The highest BCUT2D eigenvalue weighted by molar-refractivity contribution is 5.84. The summed E-state index contributed by atoms with van der Waals surface area (Å²) in [5, 5.41) is 0. The van der Waals surface area contributed by atoms with Gasteiger partial charge in [0.2, 0.25) is 5.91 Å². The highest BCUT2D eigenvalue weighted by atomic mass is 16.5. The Morgan fingerprint density at radius 3 is 2.40 bits per heavy atom. The molecule has 0 saturated heterocycles. The van der Waals surface area contributed by atoms with Gasteiger partial charge in [0.25, 0.3) is 0 Å². The Kier molecular flexibility index (Phi) is 3.42. The van der Waals surface area contributed by atoms with Gasteiger partial charge in [-0.2, -0.15) is 0 Å². The second-order valence-electron chi connectivity index (χ2n) is 1.79. The van der Waals surface area contributed by atoms with E-state index in [4.69, 9.17) is 11.5 Å². The molecule has 0 fully saturated rings. The molecule has 1 atom stereocenters. The number of hydrogen-bond acceptors (Lipinski definition) is 4. The normalized spacial score (nSPS) is 12.2. The van der Waals surface area contributed by atoms with Crippen LogP contribution in [0.15, 0.2) is 0 Å². The first kappa shape index (κ1) is 8.90. The van der Waals surface area contributed by atoms with Gasteiger partial charge in [-0.05, 0) is 0 Å². The highest BCUT2D eigenvalue weighted by Crippen LogP contribution is 1.88. The summed E-state index contributed by atoms with van der Waals surface area (Å²) in [6.07, 6.45) is -0.161. The standard InChI is InChI=1S/C5H10N2O3/c1-10-4(8)2-3(6)5(7)9/h3H,2,6H2,1H3,(H2,7,9)/t3-/m0/s1. The van der Waals surface area contributed by atoms with Crippen LogP contribution >= 0.6 is 0 Å². The minimum Gasteiger partial charge on any atom is -0.469 e. The van der Waals surface area contributed by atoms with Crippen molar-refractivity contribution in [2.45, 2.75) is 12.5 Å². The maximum absolute atomic E-state index is 10.4. The van der Waals surface area contributed by atoms with E-state index in [9.17, 15) is 9.59 Å². The number of carbonyl (C=O) groups is 2. The van der Waals surface area contributed by atoms with Gasteiger partial charge in [-0.1, -0.05) is 0 Å². The molecule has 0 heterocycles. The van der Waals surface area contributed by atoms with Crippen molar-refractivity contribution >= 4 is 11.9 Å². The molecule has 5 heteroatoms. The molecule has 0 spiro atoms. The number of nitrogens with two attached hydrogens (primary N) is 2. The Balaban J connectivity index is 3.68. The van der Waals surface area contributed by atoms with E-state index in [0.29, 0.717) is 0 Å². The van der Waals surface area contributed by atoms with Crippen molar-refractivity contribution in [3.63, 3.8) is 0 Å². The van der Waals surface area contributed by atoms with E-state index in [1.165, 1.54) is 7.11 Å². The highest BCUT2D eigenvalue weighted by Gasteiger charge is 2.13. The Hall–Kier alpha value is -1.10. The van der Waals surface area contributed by atoms with Crippen LogP contribution in [0.2, 0.25) is 0 Å². The van der Waals surface area contributed by atoms with Gasteiger partial charge in [-0.3, -0.25) is 9.59 Å². The van der Waals surface area contributed by atoms with Crippen molar-refractivity contribution < 1.29 is 14.3 Å². The van der Waals surface area contributed by atoms with E-state index >= 15 is 0 Å². The SMILES string of the molecule is COC(=O)C[C@H](N)C(N)=O. The lowest BCUT2D eigenvalue weighted by atomic mass is 10.2. The fourth-order valence-electron chi connectivity index (χ4n) is 0.363. The number of hydrogen-bond donors (Lipinski definition) is 2. The first-order valence-electron chi connectivity index (χ1n) is 2.69. The van der Waals surface area contributed by atoms with E-state index < -0.39 is 17.9 Å². The van der Waals surface area contributed by atoms with Crippen LogP contribution in [-0.2, 0) is 14.3 Å². The van der Waals surface area contributed by atoms with Crippen LogP contribution < -0.4 is 11.5 Å². The second kappa shape index (κ2) is 3.84. The van der Waals surface area contributed by atoms with Gasteiger partial charge in [0.05, 0.1) is 19.6 Å². The molecule has 0 aromatic heterocycles. The molecular formula is C5H10N2O3. The molecular weight excluding hydrogens is 136 g/mol. The van der Waals surface area contributed by atoms with Crippen molar-refractivity contribution in [3.8, 4) is 0 Å². The zero-order chi connectivity index (χ0) is 8.15. The molecule has 5 nitrogen and oxygen atoms in total. The summed E-state index contributed by atoms with van der Waals surface area (Å²) in [5.41, 5.74) is 9.88. The average molecular weight is 146 g/mol. The van der Waals surface area contributed by atoms with Crippen LogP contribution in [0.5, 0.6) is 0 Å². The number of amides is 1. The van der Waals surface area contributed by atoms with E-state index in [1.807, 2.05) is 0 Å². The molecule has 1 amide bonds. The lowest BCUT2D eigenvalue weighted by Crippen LogP contribution is -2.38. The average Bonchev–Trinajstić information content (AvgIpc) is 1.87. The van der Waals surface area contributed by atoms with E-state index in [1.54, 1.807) is 0 Å². The summed E-state index contributed by atoms with van der Waals surface area (Å²) >= 11 is 0. The van der Waals surface area contributed by atoms with Crippen LogP contribution in [0.3, 0.4) is 0 Å². The molecule has 0 aromatic rings. The molecule has 0 aromatic carbocycles. The zero-order valence-electron chi connectivity index (χ0n) is 5.66. The third-order valence-electron chi connectivity index (χ3n) is 0.980. The lowest BCUT2D eigenvalue weighted by molar-refractivity contribution is -0.142. The quantitative estimate of drug-likeness (QED) is 0.467. The first-order chi connectivity index (χ1) is 4.57. The van der Waals surface area contributed by atoms with Gasteiger partial charge in [0, 0.05) is 0 Å². The fourth-order valence-corrected chi connectivity index (χ4v) is 0.363. The fraction of sp³-hybridized carbons (Fsp3) is 0.600. The number of esters is 1. The van der Waals surface area contributed by atoms with Crippen molar-refractivity contribution in [3.05, 3.63) is 0 Å². The minimum atomic E-state index is -0.938. The topological polar surface area (TPSA) is 95.4 Å². The number of rotatable bonds is 3. The van der Waals surface area contributed by atoms with Crippen molar-refractivity contribution in [2.24, 2.45) is 11.5 Å². The summed E-state index contributed by atoms with van der Waals surface area (Å²) in [7, 11) is 1.22. The second-order valence-corrected chi connectivity index (χ2v) is 1.79. The largest absolute Gasteiger partial charge is 0.469 e. The first-order valence-corrected chi connectivity index (χ1v) is 2.69. The van der Waals surface area contributed by atoms with Crippen molar-refractivity contribution in [2.75, 3.05) is 7.11 Å². The van der Waals surface area contributed by atoms with Crippen molar-refractivity contribution in [1.29, 1.82) is 0 Å². The third-order valence-corrected chi connectivity index (χ3v) is 0.980. The smallest absolute Gasteiger partial charge is 0.307 e. The Morgan fingerprint density at radius 1 is 1.60 bits per heavy atom. The molecule has 0 bridgehead atoms. The molecule has 0 aliphatic carbocycles. The minimum absolute atomic E-state index is 0.161. The third kappa shape index (κ3) is 3.03. The van der Waals surface area contributed by atoms with Gasteiger partial charge < -0.3 is 16.2 Å². The molecule has 0 aliphatic rings. The summed E-state index contributed by atoms with van der Waals surface area (Å²) < 4.78 is 4.24. The molecule has 4 N–H and O–H groups in total. The van der Waals surface area contributed by atoms with E-state index in [0.717, 1.165) is 0 Å². The van der Waals surface area contributed by atoms with Gasteiger partial charge in [0.1, 0.15) is 0 Å². The lowest BCUT2D eigenvalue weighted by Gasteiger charge is -2.03. The molecule has 0 radical (unpaired) electrons. The summed E-state index contributed by atoms with van der Waals surface area (Å²) in [6, 6.07) is -0.938. The maximum Gasteiger partial charge on any atom is 0.307 e.